The number of fused-ring (bicyclic) bond motifs is 1. The van der Waals surface area contributed by atoms with Crippen LogP contribution in [0, 0.1) is 5.82 Å². The van der Waals surface area contributed by atoms with Crippen LogP contribution in [0.1, 0.15) is 43.2 Å². The Balaban J connectivity index is 1.37. The van der Waals surface area contributed by atoms with Gasteiger partial charge in [-0.05, 0) is 37.0 Å². The Morgan fingerprint density at radius 3 is 3.00 bits per heavy atom. The summed E-state index contributed by atoms with van der Waals surface area (Å²) in [5, 5.41) is 3.49. The summed E-state index contributed by atoms with van der Waals surface area (Å²) in [6, 6.07) is 3.07. The summed E-state index contributed by atoms with van der Waals surface area (Å²) in [7, 11) is 1.85. The molecule has 0 amide bonds. The molecule has 7 heteroatoms. The molecule has 0 radical (unpaired) electrons. The predicted octanol–water partition coefficient (Wildman–Crippen LogP) is 3.56. The van der Waals surface area contributed by atoms with Gasteiger partial charge in [-0.2, -0.15) is 11.8 Å². The fraction of sp³-hybridized carbons (Fsp3) is 0.667. The smallest absolute Gasteiger partial charge is 0.193 e. The second-order valence-electron chi connectivity index (χ2n) is 7.90. The summed E-state index contributed by atoms with van der Waals surface area (Å²) in [5.74, 6) is 2.66. The van der Waals surface area contributed by atoms with Crippen molar-refractivity contribution in [1.29, 1.82) is 0 Å². The zero-order valence-electron chi connectivity index (χ0n) is 16.6. The number of nitrogens with one attached hydrogen (secondary N) is 1. The minimum absolute atomic E-state index is 0.230. The number of hydrogen-bond donors (Lipinski definition) is 1. The molecule has 2 aliphatic heterocycles. The molecule has 1 saturated heterocycles. The van der Waals surface area contributed by atoms with E-state index in [4.69, 9.17) is 9.47 Å². The quantitative estimate of drug-likeness (QED) is 0.613. The van der Waals surface area contributed by atoms with Crippen LogP contribution in [0.4, 0.5) is 4.39 Å². The summed E-state index contributed by atoms with van der Waals surface area (Å²) in [4.78, 5) is 6.93. The molecule has 1 aromatic rings. The topological polar surface area (TPSA) is 46.1 Å². The lowest BCUT2D eigenvalue weighted by molar-refractivity contribution is -0.0172. The molecule has 3 aliphatic rings. The Kier molecular flexibility index (Phi) is 6.31. The zero-order valence-corrected chi connectivity index (χ0v) is 17.5. The van der Waals surface area contributed by atoms with E-state index in [1.54, 1.807) is 6.07 Å². The normalized spacial score (nSPS) is 21.9. The number of thioether (sulfide) groups is 1. The van der Waals surface area contributed by atoms with Crippen molar-refractivity contribution in [3.05, 3.63) is 29.1 Å². The second kappa shape index (κ2) is 8.91. The first kappa shape index (κ1) is 19.8. The molecular weight excluding hydrogens is 377 g/mol. The molecule has 5 nitrogen and oxygen atoms in total. The summed E-state index contributed by atoms with van der Waals surface area (Å²) in [6.07, 6.45) is 7.40. The first-order valence-electron chi connectivity index (χ1n) is 10.3. The van der Waals surface area contributed by atoms with Crippen LogP contribution in [0.5, 0.6) is 5.75 Å². The summed E-state index contributed by atoms with van der Waals surface area (Å²) in [6.45, 7) is 3.44. The number of aliphatic imine (C=N–C) groups is 1. The van der Waals surface area contributed by atoms with Crippen LogP contribution >= 0.6 is 11.8 Å². The second-order valence-corrected chi connectivity index (χ2v) is 9.46. The lowest BCUT2D eigenvalue weighted by Gasteiger charge is -2.45. The van der Waals surface area contributed by atoms with Gasteiger partial charge in [0, 0.05) is 42.7 Å². The van der Waals surface area contributed by atoms with Gasteiger partial charge in [0.2, 0.25) is 0 Å². The molecule has 0 bridgehead atoms. The van der Waals surface area contributed by atoms with Gasteiger partial charge in [-0.15, -0.1) is 0 Å². The molecular formula is C21H30FN3O2S. The molecule has 1 saturated carbocycles. The van der Waals surface area contributed by atoms with Crippen molar-refractivity contribution in [2.24, 2.45) is 4.99 Å². The third kappa shape index (κ3) is 4.40. The predicted molar refractivity (Wildman–Crippen MR) is 112 cm³/mol. The van der Waals surface area contributed by atoms with Crippen LogP contribution in [-0.4, -0.2) is 54.8 Å². The van der Waals surface area contributed by atoms with Gasteiger partial charge in [0.15, 0.2) is 12.8 Å². The maximum atomic E-state index is 13.9. The summed E-state index contributed by atoms with van der Waals surface area (Å²) < 4.78 is 25.2. The van der Waals surface area contributed by atoms with E-state index in [0.29, 0.717) is 24.3 Å². The molecule has 2 fully saturated rings. The molecule has 0 unspecified atom stereocenters. The first-order valence-corrected chi connectivity index (χ1v) is 11.3. The molecule has 1 N–H and O–H groups in total. The van der Waals surface area contributed by atoms with Crippen LogP contribution in [0.25, 0.3) is 0 Å². The van der Waals surface area contributed by atoms with Gasteiger partial charge in [-0.1, -0.05) is 19.3 Å². The highest BCUT2D eigenvalue weighted by atomic mass is 32.2. The Hall–Kier alpha value is -1.47. The summed E-state index contributed by atoms with van der Waals surface area (Å²) >= 11 is 2.16. The largest absolute Gasteiger partial charge is 0.467 e. The molecule has 0 aromatic heterocycles. The first-order chi connectivity index (χ1) is 13.7. The molecule has 154 valence electrons. The number of hydrogen-bond acceptors (Lipinski definition) is 4. The van der Waals surface area contributed by atoms with E-state index in [2.05, 4.69) is 27.0 Å². The van der Waals surface area contributed by atoms with Crippen molar-refractivity contribution in [3.8, 4) is 5.75 Å². The van der Waals surface area contributed by atoms with Gasteiger partial charge in [0.05, 0.1) is 6.61 Å². The molecule has 0 atom stereocenters. The number of guanidine groups is 1. The van der Waals surface area contributed by atoms with Gasteiger partial charge in [0.25, 0.3) is 0 Å². The van der Waals surface area contributed by atoms with Crippen molar-refractivity contribution in [2.75, 3.05) is 39.2 Å². The third-order valence-electron chi connectivity index (χ3n) is 5.95. The average molecular weight is 408 g/mol. The molecule has 2 heterocycles. The van der Waals surface area contributed by atoms with Crippen molar-refractivity contribution in [3.63, 3.8) is 0 Å². The minimum Gasteiger partial charge on any atom is -0.467 e. The molecule has 1 aliphatic carbocycles. The Morgan fingerprint density at radius 2 is 2.18 bits per heavy atom. The van der Waals surface area contributed by atoms with E-state index in [9.17, 15) is 4.39 Å². The zero-order chi connectivity index (χ0) is 19.4. The van der Waals surface area contributed by atoms with Crippen molar-refractivity contribution in [1.82, 2.24) is 10.2 Å². The Bertz CT molecular complexity index is 716. The SMILES string of the molecule is CN=C(NCCc1cc(F)cc2c1OCOC2)N1CCSC2(CCCCC2)C1. The van der Waals surface area contributed by atoms with Gasteiger partial charge in [-0.3, -0.25) is 4.99 Å². The number of rotatable bonds is 3. The fourth-order valence-corrected chi connectivity index (χ4v) is 6.18. The number of benzene rings is 1. The molecule has 1 aromatic carbocycles. The van der Waals surface area contributed by atoms with Crippen LogP contribution in [0.15, 0.2) is 17.1 Å². The number of nitrogens with zero attached hydrogens (tertiary/aromatic N) is 2. The van der Waals surface area contributed by atoms with Gasteiger partial charge < -0.3 is 19.7 Å². The lowest BCUT2D eigenvalue weighted by Crippen LogP contribution is -2.53. The van der Waals surface area contributed by atoms with Crippen LogP contribution < -0.4 is 10.1 Å². The van der Waals surface area contributed by atoms with E-state index in [1.165, 1.54) is 38.2 Å². The fourth-order valence-electron chi connectivity index (χ4n) is 4.61. The highest BCUT2D eigenvalue weighted by Gasteiger charge is 2.38. The minimum atomic E-state index is -0.237. The van der Waals surface area contributed by atoms with Gasteiger partial charge in [0.1, 0.15) is 11.6 Å². The van der Waals surface area contributed by atoms with E-state index in [0.717, 1.165) is 41.7 Å². The van der Waals surface area contributed by atoms with Crippen LogP contribution in [0.2, 0.25) is 0 Å². The highest BCUT2D eigenvalue weighted by molar-refractivity contribution is 8.00. The van der Waals surface area contributed by atoms with Crippen LogP contribution in [0.3, 0.4) is 0 Å². The Morgan fingerprint density at radius 1 is 1.32 bits per heavy atom. The van der Waals surface area contributed by atoms with Gasteiger partial charge in [-0.25, -0.2) is 4.39 Å². The van der Waals surface area contributed by atoms with E-state index in [1.807, 2.05) is 7.05 Å². The van der Waals surface area contributed by atoms with Crippen LogP contribution in [-0.2, 0) is 17.8 Å². The highest BCUT2D eigenvalue weighted by Crippen LogP contribution is 2.42. The van der Waals surface area contributed by atoms with E-state index in [-0.39, 0.29) is 12.6 Å². The van der Waals surface area contributed by atoms with Gasteiger partial charge >= 0.3 is 0 Å². The molecule has 1 spiro atoms. The lowest BCUT2D eigenvalue weighted by atomic mass is 9.87. The van der Waals surface area contributed by atoms with Crippen molar-refractivity contribution >= 4 is 17.7 Å². The Labute approximate surface area is 171 Å². The van der Waals surface area contributed by atoms with E-state index >= 15 is 0 Å². The number of ether oxygens (including phenoxy) is 2. The third-order valence-corrected chi connectivity index (χ3v) is 7.49. The molecule has 4 rings (SSSR count). The maximum Gasteiger partial charge on any atom is 0.193 e. The average Bonchev–Trinajstić information content (AvgIpc) is 2.71. The molecule has 28 heavy (non-hydrogen) atoms. The summed E-state index contributed by atoms with van der Waals surface area (Å²) in [5.41, 5.74) is 1.68. The van der Waals surface area contributed by atoms with E-state index < -0.39 is 0 Å². The van der Waals surface area contributed by atoms with Crippen molar-refractivity contribution < 1.29 is 13.9 Å². The standard InChI is InChI=1S/C21H30FN3O2S/c1-23-20(25-9-10-28-21(14-25)6-3-2-4-7-21)24-8-5-16-11-18(22)12-17-13-26-15-27-19(16)17/h11-12H,2-10,13-15H2,1H3,(H,23,24). The number of halogens is 1. The monoisotopic (exact) mass is 407 g/mol. The maximum absolute atomic E-state index is 13.9. The van der Waals surface area contributed by atoms with Crippen molar-refractivity contribution in [2.45, 2.75) is 49.9 Å².